The normalized spacial score (nSPS) is 12.0. The lowest BCUT2D eigenvalue weighted by Crippen LogP contribution is -2.22. The molecule has 4 nitrogen and oxygen atoms in total. The molecule has 76 valence electrons. The minimum absolute atomic E-state index is 0.190. The first-order valence-electron chi connectivity index (χ1n) is 3.39. The molecule has 0 aromatic heterocycles. The number of amides is 1. The molecule has 0 heterocycles. The van der Waals surface area contributed by atoms with Crippen LogP contribution in [-0.2, 0) is 9.53 Å². The maximum atomic E-state index is 12.0. The number of carbonyl (C=O) groups is 2. The predicted octanol–water partition coefficient (Wildman–Crippen LogP) is 1.78. The number of alkyl halides is 1. The Morgan fingerprint density at radius 1 is 1.69 bits per heavy atom. The van der Waals surface area contributed by atoms with Crippen molar-refractivity contribution in [3.63, 3.8) is 0 Å². The molecule has 1 atom stereocenters. The summed E-state index contributed by atoms with van der Waals surface area (Å²) in [5, 5.41) is 0. The lowest BCUT2D eigenvalue weighted by molar-refractivity contribution is -0.140. The van der Waals surface area contributed by atoms with E-state index in [0.29, 0.717) is 16.3 Å². The Morgan fingerprint density at radius 2 is 2.23 bits per heavy atom. The number of hydrogen-bond acceptors (Lipinski definition) is 4. The summed E-state index contributed by atoms with van der Waals surface area (Å²) in [4.78, 5) is 21.0. The van der Waals surface area contributed by atoms with Gasteiger partial charge < -0.3 is 4.74 Å². The largest absolute Gasteiger partial charge is 0.464 e. The highest BCUT2D eigenvalue weighted by atomic mass is 35.5. The molecule has 0 aliphatic heterocycles. The first kappa shape index (κ1) is 12.5. The van der Waals surface area contributed by atoms with Gasteiger partial charge in [0.25, 0.3) is 0 Å². The van der Waals surface area contributed by atoms with Crippen LogP contribution in [0.1, 0.15) is 6.92 Å². The van der Waals surface area contributed by atoms with E-state index in [9.17, 15) is 14.0 Å². The van der Waals surface area contributed by atoms with Gasteiger partial charge in [-0.2, -0.15) is 0 Å². The molecule has 0 rings (SSSR count). The number of hydrogen-bond donors (Lipinski definition) is 0. The van der Waals surface area contributed by atoms with E-state index in [1.165, 1.54) is 7.05 Å². The van der Waals surface area contributed by atoms with Gasteiger partial charge in [-0.3, -0.25) is 4.31 Å². The van der Waals surface area contributed by atoms with Gasteiger partial charge in [-0.1, -0.05) is 11.6 Å². The van der Waals surface area contributed by atoms with Crippen molar-refractivity contribution >= 4 is 35.7 Å². The first-order valence-corrected chi connectivity index (χ1v) is 4.67. The monoisotopic (exact) mass is 229 g/mol. The van der Waals surface area contributed by atoms with Crippen LogP contribution in [0, 0.1) is 0 Å². The van der Waals surface area contributed by atoms with Crippen molar-refractivity contribution in [1.29, 1.82) is 0 Å². The summed E-state index contributed by atoms with van der Waals surface area (Å²) in [6.07, 6.45) is -1.67. The van der Waals surface area contributed by atoms with Crippen LogP contribution >= 0.6 is 23.5 Å². The van der Waals surface area contributed by atoms with Gasteiger partial charge >= 0.3 is 12.1 Å². The summed E-state index contributed by atoms with van der Waals surface area (Å²) in [6, 6.07) is 0. The molecule has 0 bridgehead atoms. The van der Waals surface area contributed by atoms with E-state index >= 15 is 0 Å². The van der Waals surface area contributed by atoms with Gasteiger partial charge in [-0.05, 0) is 18.9 Å². The van der Waals surface area contributed by atoms with E-state index in [0.717, 1.165) is 0 Å². The molecule has 13 heavy (non-hydrogen) atoms. The second-order valence-electron chi connectivity index (χ2n) is 1.92. The molecule has 0 aromatic carbocycles. The van der Waals surface area contributed by atoms with E-state index in [1.807, 2.05) is 0 Å². The van der Waals surface area contributed by atoms with Crippen LogP contribution in [0.3, 0.4) is 0 Å². The minimum Gasteiger partial charge on any atom is -0.464 e. The molecule has 0 spiro atoms. The lowest BCUT2D eigenvalue weighted by Gasteiger charge is -2.13. The van der Waals surface area contributed by atoms with Crippen molar-refractivity contribution in [2.75, 3.05) is 13.7 Å². The van der Waals surface area contributed by atoms with Crippen molar-refractivity contribution in [3.05, 3.63) is 0 Å². The first-order chi connectivity index (χ1) is 5.99. The summed E-state index contributed by atoms with van der Waals surface area (Å²) in [6.45, 7) is 1.81. The molecule has 0 N–H and O–H groups in total. The lowest BCUT2D eigenvalue weighted by atomic mass is 10.7. The van der Waals surface area contributed by atoms with Gasteiger partial charge in [0, 0.05) is 7.05 Å². The van der Waals surface area contributed by atoms with E-state index in [-0.39, 0.29) is 6.61 Å². The van der Waals surface area contributed by atoms with E-state index in [2.05, 4.69) is 4.74 Å². The topological polar surface area (TPSA) is 46.6 Å². The SMILES string of the molecule is CCOC(=O)C(Cl)SN(C)C(=O)F. The van der Waals surface area contributed by atoms with Gasteiger partial charge in [0.05, 0.1) is 6.61 Å². The Bertz CT molecular complexity index is 204. The third kappa shape index (κ3) is 4.94. The Morgan fingerprint density at radius 3 is 2.62 bits per heavy atom. The van der Waals surface area contributed by atoms with Crippen LogP contribution in [-0.4, -0.2) is 34.8 Å². The Balaban J connectivity index is 3.92. The number of nitrogens with zero attached hydrogens (tertiary/aromatic N) is 1. The fourth-order valence-corrected chi connectivity index (χ4v) is 1.37. The third-order valence-electron chi connectivity index (χ3n) is 0.970. The Kier molecular flexibility index (Phi) is 5.81. The van der Waals surface area contributed by atoms with Crippen LogP contribution in [0.2, 0.25) is 0 Å². The number of carbonyl (C=O) groups excluding carboxylic acids is 2. The van der Waals surface area contributed by atoms with Gasteiger partial charge in [0.1, 0.15) is 0 Å². The molecule has 0 saturated carbocycles. The molecule has 1 unspecified atom stereocenters. The third-order valence-corrected chi connectivity index (χ3v) is 2.22. The van der Waals surface area contributed by atoms with Crippen LogP contribution in [0.15, 0.2) is 0 Å². The fraction of sp³-hybridized carbons (Fsp3) is 0.667. The molecule has 0 aromatic rings. The highest BCUT2D eigenvalue weighted by Gasteiger charge is 2.22. The molecular weight excluding hydrogens is 221 g/mol. The van der Waals surface area contributed by atoms with E-state index in [1.54, 1.807) is 6.92 Å². The highest BCUT2D eigenvalue weighted by Crippen LogP contribution is 2.20. The molecule has 0 saturated heterocycles. The molecule has 0 aliphatic carbocycles. The zero-order chi connectivity index (χ0) is 10.4. The summed E-state index contributed by atoms with van der Waals surface area (Å²) < 4.78 is 16.0. The number of esters is 1. The molecule has 1 amide bonds. The van der Waals surface area contributed by atoms with Crippen molar-refractivity contribution in [2.24, 2.45) is 0 Å². The smallest absolute Gasteiger partial charge is 0.409 e. The molecule has 0 aliphatic rings. The zero-order valence-corrected chi connectivity index (χ0v) is 8.69. The average Bonchev–Trinajstić information content (AvgIpc) is 2.04. The Hall–Kier alpha value is -0.490. The maximum absolute atomic E-state index is 12.0. The van der Waals surface area contributed by atoms with Crippen molar-refractivity contribution in [1.82, 2.24) is 4.31 Å². The predicted molar refractivity (Wildman–Crippen MR) is 48.1 cm³/mol. The fourth-order valence-electron chi connectivity index (χ4n) is 0.431. The van der Waals surface area contributed by atoms with Crippen LogP contribution < -0.4 is 0 Å². The van der Waals surface area contributed by atoms with Crippen molar-refractivity contribution in [3.8, 4) is 0 Å². The number of rotatable bonds is 4. The zero-order valence-electron chi connectivity index (χ0n) is 7.12. The van der Waals surface area contributed by atoms with Gasteiger partial charge in [-0.25, -0.2) is 9.59 Å². The number of halogens is 2. The van der Waals surface area contributed by atoms with Crippen LogP contribution in [0.4, 0.5) is 9.18 Å². The van der Waals surface area contributed by atoms with Gasteiger partial charge in [-0.15, -0.1) is 4.39 Å². The second kappa shape index (κ2) is 6.04. The molecule has 0 fully saturated rings. The standard InChI is InChI=1S/C6H9ClFNO3S/c1-3-12-5(10)4(7)13-9(2)6(8)11/h4H,3H2,1-2H3. The quantitative estimate of drug-likeness (QED) is 0.242. The van der Waals surface area contributed by atoms with Crippen molar-refractivity contribution < 1.29 is 18.7 Å². The van der Waals surface area contributed by atoms with Crippen LogP contribution in [0.5, 0.6) is 0 Å². The summed E-state index contributed by atoms with van der Waals surface area (Å²) >= 11 is 6.03. The minimum atomic E-state index is -1.67. The molecular formula is C6H9ClFNO3S. The maximum Gasteiger partial charge on any atom is 0.409 e. The summed E-state index contributed by atoms with van der Waals surface area (Å²) in [7, 11) is 1.17. The summed E-state index contributed by atoms with van der Waals surface area (Å²) in [5.74, 6) is -0.692. The van der Waals surface area contributed by atoms with Crippen molar-refractivity contribution in [2.45, 2.75) is 11.6 Å². The Labute approximate surface area is 84.5 Å². The van der Waals surface area contributed by atoms with E-state index in [4.69, 9.17) is 11.6 Å². The highest BCUT2D eigenvalue weighted by molar-refractivity contribution is 8.00. The second-order valence-corrected chi connectivity index (χ2v) is 3.85. The number of ether oxygens (including phenoxy) is 1. The average molecular weight is 230 g/mol. The molecule has 7 heteroatoms. The van der Waals surface area contributed by atoms with Gasteiger partial charge in [0.2, 0.25) is 0 Å². The van der Waals surface area contributed by atoms with Crippen LogP contribution in [0.25, 0.3) is 0 Å². The van der Waals surface area contributed by atoms with Gasteiger partial charge in [0.15, 0.2) is 4.71 Å². The van der Waals surface area contributed by atoms with E-state index < -0.39 is 16.8 Å². The molecule has 0 radical (unpaired) electrons. The summed E-state index contributed by atoms with van der Waals surface area (Å²) in [5.41, 5.74) is 0.